The van der Waals surface area contributed by atoms with Gasteiger partial charge in [0.05, 0.1) is 23.1 Å². The van der Waals surface area contributed by atoms with Gasteiger partial charge in [-0.05, 0) is 35.9 Å². The molecule has 25 heavy (non-hydrogen) atoms. The molecule has 2 aromatic carbocycles. The van der Waals surface area contributed by atoms with Crippen LogP contribution >= 0.6 is 0 Å². The number of imidazole rings is 1. The van der Waals surface area contributed by atoms with Gasteiger partial charge >= 0.3 is 6.18 Å². The number of amides is 1. The van der Waals surface area contributed by atoms with Crippen LogP contribution in [-0.4, -0.2) is 15.9 Å². The second-order valence-corrected chi connectivity index (χ2v) is 5.37. The number of benzene rings is 2. The van der Waals surface area contributed by atoms with Crippen LogP contribution in [0.3, 0.4) is 0 Å². The number of rotatable bonds is 4. The molecule has 1 amide bonds. The van der Waals surface area contributed by atoms with E-state index in [-0.39, 0.29) is 12.5 Å². The summed E-state index contributed by atoms with van der Waals surface area (Å²) in [6.45, 7) is 0.227. The molecule has 3 aromatic rings. The highest BCUT2D eigenvalue weighted by atomic mass is 19.4. The van der Waals surface area contributed by atoms with Gasteiger partial charge in [0.25, 0.3) is 0 Å². The zero-order valence-electron chi connectivity index (χ0n) is 13.0. The summed E-state index contributed by atoms with van der Waals surface area (Å²) in [6.07, 6.45) is -1.65. The van der Waals surface area contributed by atoms with E-state index >= 15 is 0 Å². The molecule has 7 heteroatoms. The molecule has 0 fully saturated rings. The van der Waals surface area contributed by atoms with Crippen molar-refractivity contribution in [2.75, 3.05) is 0 Å². The fraction of sp³-hybridized carbons (Fsp3) is 0.111. The third-order valence-corrected chi connectivity index (χ3v) is 3.53. The highest BCUT2D eigenvalue weighted by Crippen LogP contribution is 2.29. The number of H-pyrrole nitrogens is 1. The standard InChI is InChI=1S/C18H14F3N3O/c19-18(20,21)13-8-5-12(6-9-13)7-10-17(25)22-11-16-23-14-3-1-2-4-15(14)24-16/h1-10H,11H2,(H,22,25)(H,23,24). The topological polar surface area (TPSA) is 57.8 Å². The van der Waals surface area contributed by atoms with Gasteiger partial charge in [0, 0.05) is 6.08 Å². The molecule has 1 heterocycles. The zero-order chi connectivity index (χ0) is 17.9. The quantitative estimate of drug-likeness (QED) is 0.705. The molecule has 0 radical (unpaired) electrons. The van der Waals surface area contributed by atoms with E-state index in [2.05, 4.69) is 15.3 Å². The smallest absolute Gasteiger partial charge is 0.345 e. The zero-order valence-corrected chi connectivity index (χ0v) is 13.0. The summed E-state index contributed by atoms with van der Waals surface area (Å²) in [7, 11) is 0. The Bertz CT molecular complexity index is 878. The number of fused-ring (bicyclic) bond motifs is 1. The van der Waals surface area contributed by atoms with E-state index < -0.39 is 11.7 Å². The minimum absolute atomic E-state index is 0.227. The first-order valence-electron chi connectivity index (χ1n) is 7.48. The number of aromatic amines is 1. The van der Waals surface area contributed by atoms with Crippen LogP contribution in [0.15, 0.2) is 54.6 Å². The van der Waals surface area contributed by atoms with E-state index in [9.17, 15) is 18.0 Å². The van der Waals surface area contributed by atoms with Crippen LogP contribution in [0.2, 0.25) is 0 Å². The average molecular weight is 345 g/mol. The van der Waals surface area contributed by atoms with E-state index in [0.717, 1.165) is 23.2 Å². The molecule has 1 aromatic heterocycles. The van der Waals surface area contributed by atoms with Crippen molar-refractivity contribution in [1.29, 1.82) is 0 Å². The van der Waals surface area contributed by atoms with Gasteiger partial charge in [-0.3, -0.25) is 4.79 Å². The van der Waals surface area contributed by atoms with Crippen LogP contribution in [0.1, 0.15) is 17.0 Å². The molecule has 0 bridgehead atoms. The Kier molecular flexibility index (Phi) is 4.56. The minimum atomic E-state index is -4.37. The second kappa shape index (κ2) is 6.80. The van der Waals surface area contributed by atoms with Crippen LogP contribution in [0.25, 0.3) is 17.1 Å². The molecule has 2 N–H and O–H groups in total. The Morgan fingerprint density at radius 2 is 1.84 bits per heavy atom. The summed E-state index contributed by atoms with van der Waals surface area (Å²) in [5, 5.41) is 2.67. The van der Waals surface area contributed by atoms with Crippen LogP contribution < -0.4 is 5.32 Å². The maximum absolute atomic E-state index is 12.5. The molecule has 0 saturated carbocycles. The summed E-state index contributed by atoms with van der Waals surface area (Å²) in [4.78, 5) is 19.2. The summed E-state index contributed by atoms with van der Waals surface area (Å²) in [5.74, 6) is 0.262. The molecule has 0 aliphatic rings. The Morgan fingerprint density at radius 3 is 2.52 bits per heavy atom. The largest absolute Gasteiger partial charge is 0.416 e. The van der Waals surface area contributed by atoms with Gasteiger partial charge in [0.2, 0.25) is 5.91 Å². The van der Waals surface area contributed by atoms with Gasteiger partial charge in [-0.2, -0.15) is 13.2 Å². The number of para-hydroxylation sites is 2. The molecule has 0 aliphatic carbocycles. The Labute approximate surface area is 141 Å². The monoisotopic (exact) mass is 345 g/mol. The number of carbonyl (C=O) groups excluding carboxylic acids is 1. The number of halogens is 3. The molecular weight excluding hydrogens is 331 g/mol. The van der Waals surface area contributed by atoms with E-state index in [1.54, 1.807) is 0 Å². The fourth-order valence-corrected chi connectivity index (χ4v) is 2.27. The number of nitrogens with zero attached hydrogens (tertiary/aromatic N) is 1. The van der Waals surface area contributed by atoms with Crippen molar-refractivity contribution in [2.24, 2.45) is 0 Å². The third kappa shape index (κ3) is 4.26. The Morgan fingerprint density at radius 1 is 1.12 bits per heavy atom. The van der Waals surface area contributed by atoms with E-state index in [0.29, 0.717) is 11.4 Å². The fourth-order valence-electron chi connectivity index (χ4n) is 2.27. The van der Waals surface area contributed by atoms with Crippen molar-refractivity contribution in [3.8, 4) is 0 Å². The van der Waals surface area contributed by atoms with Crippen LogP contribution in [0.5, 0.6) is 0 Å². The van der Waals surface area contributed by atoms with Gasteiger partial charge in [-0.25, -0.2) is 4.98 Å². The molecule has 0 aliphatic heterocycles. The number of nitrogens with one attached hydrogen (secondary N) is 2. The molecular formula is C18H14F3N3O. The Hall–Kier alpha value is -3.09. The first-order chi connectivity index (χ1) is 11.9. The maximum atomic E-state index is 12.5. The third-order valence-electron chi connectivity index (χ3n) is 3.53. The van der Waals surface area contributed by atoms with Crippen molar-refractivity contribution >= 4 is 23.0 Å². The average Bonchev–Trinajstić information content (AvgIpc) is 3.00. The summed E-state index contributed by atoms with van der Waals surface area (Å²) in [6, 6.07) is 12.1. The lowest BCUT2D eigenvalue weighted by molar-refractivity contribution is -0.137. The van der Waals surface area contributed by atoms with Gasteiger partial charge in [-0.15, -0.1) is 0 Å². The van der Waals surface area contributed by atoms with Crippen LogP contribution in [0.4, 0.5) is 13.2 Å². The maximum Gasteiger partial charge on any atom is 0.416 e. The molecule has 0 saturated heterocycles. The lowest BCUT2D eigenvalue weighted by Gasteiger charge is -2.05. The minimum Gasteiger partial charge on any atom is -0.345 e. The number of alkyl halides is 3. The molecule has 128 valence electrons. The van der Waals surface area contributed by atoms with Gasteiger partial charge in [0.1, 0.15) is 5.82 Å². The van der Waals surface area contributed by atoms with Gasteiger partial charge in [-0.1, -0.05) is 24.3 Å². The lowest BCUT2D eigenvalue weighted by atomic mass is 10.1. The molecule has 0 spiro atoms. The van der Waals surface area contributed by atoms with Crippen LogP contribution in [0, 0.1) is 0 Å². The van der Waals surface area contributed by atoms with Crippen LogP contribution in [-0.2, 0) is 17.5 Å². The van der Waals surface area contributed by atoms with Crippen molar-refractivity contribution < 1.29 is 18.0 Å². The number of hydrogen-bond acceptors (Lipinski definition) is 2. The number of carbonyl (C=O) groups is 1. The summed E-state index contributed by atoms with van der Waals surface area (Å²) >= 11 is 0. The van der Waals surface area contributed by atoms with E-state index in [1.807, 2.05) is 24.3 Å². The second-order valence-electron chi connectivity index (χ2n) is 5.37. The van der Waals surface area contributed by atoms with E-state index in [4.69, 9.17) is 0 Å². The van der Waals surface area contributed by atoms with Gasteiger partial charge in [0.15, 0.2) is 0 Å². The molecule has 4 nitrogen and oxygen atoms in total. The van der Waals surface area contributed by atoms with Crippen molar-refractivity contribution in [2.45, 2.75) is 12.7 Å². The first kappa shape index (κ1) is 16.8. The van der Waals surface area contributed by atoms with Crippen molar-refractivity contribution in [3.63, 3.8) is 0 Å². The number of aromatic nitrogens is 2. The molecule has 0 atom stereocenters. The number of hydrogen-bond donors (Lipinski definition) is 2. The Balaban J connectivity index is 1.57. The van der Waals surface area contributed by atoms with Crippen molar-refractivity contribution in [3.05, 3.63) is 71.6 Å². The molecule has 3 rings (SSSR count). The SMILES string of the molecule is O=C(C=Cc1ccc(C(F)(F)F)cc1)NCc1nc2ccccc2[nH]1. The van der Waals surface area contributed by atoms with E-state index in [1.165, 1.54) is 24.3 Å². The predicted molar refractivity (Wildman–Crippen MR) is 88.4 cm³/mol. The first-order valence-corrected chi connectivity index (χ1v) is 7.48. The van der Waals surface area contributed by atoms with Gasteiger partial charge < -0.3 is 10.3 Å². The predicted octanol–water partition coefficient (Wildman–Crippen LogP) is 3.91. The normalized spacial score (nSPS) is 12.0. The summed E-state index contributed by atoms with van der Waals surface area (Å²) in [5.41, 5.74) is 1.48. The molecule has 0 unspecified atom stereocenters. The highest BCUT2D eigenvalue weighted by molar-refractivity contribution is 5.91. The van der Waals surface area contributed by atoms with Crippen molar-refractivity contribution in [1.82, 2.24) is 15.3 Å². The summed E-state index contributed by atoms with van der Waals surface area (Å²) < 4.78 is 37.4. The lowest BCUT2D eigenvalue weighted by Crippen LogP contribution is -2.20. The highest BCUT2D eigenvalue weighted by Gasteiger charge is 2.29.